The molecule has 1 atom stereocenters. The molecular formula is C14H28N2O. The third kappa shape index (κ3) is 4.57. The summed E-state index contributed by atoms with van der Waals surface area (Å²) in [6.07, 6.45) is 8.28. The van der Waals surface area contributed by atoms with Crippen LogP contribution in [0, 0.1) is 0 Å². The zero-order valence-electron chi connectivity index (χ0n) is 11.3. The van der Waals surface area contributed by atoms with E-state index in [1.54, 1.807) is 0 Å². The first kappa shape index (κ1) is 13.3. The van der Waals surface area contributed by atoms with Crippen molar-refractivity contribution in [2.75, 3.05) is 32.8 Å². The van der Waals surface area contributed by atoms with Gasteiger partial charge in [-0.1, -0.05) is 6.92 Å². The van der Waals surface area contributed by atoms with Crippen LogP contribution in [-0.4, -0.2) is 49.8 Å². The van der Waals surface area contributed by atoms with Crippen LogP contribution in [0.1, 0.15) is 45.4 Å². The Kier molecular flexibility index (Phi) is 5.75. The van der Waals surface area contributed by atoms with E-state index in [1.807, 2.05) is 0 Å². The fraction of sp³-hybridized carbons (Fsp3) is 1.00. The van der Waals surface area contributed by atoms with E-state index in [2.05, 4.69) is 17.1 Å². The van der Waals surface area contributed by atoms with Gasteiger partial charge in [0.2, 0.25) is 0 Å². The van der Waals surface area contributed by atoms with E-state index in [0.717, 1.165) is 12.6 Å². The predicted octanol–water partition coefficient (Wildman–Crippen LogP) is 2.02. The van der Waals surface area contributed by atoms with Crippen LogP contribution in [0.5, 0.6) is 0 Å². The van der Waals surface area contributed by atoms with Crippen LogP contribution >= 0.6 is 0 Å². The molecule has 17 heavy (non-hydrogen) atoms. The molecule has 0 radical (unpaired) electrons. The molecule has 2 fully saturated rings. The molecule has 0 aliphatic carbocycles. The van der Waals surface area contributed by atoms with E-state index in [4.69, 9.17) is 4.74 Å². The van der Waals surface area contributed by atoms with Gasteiger partial charge >= 0.3 is 0 Å². The fourth-order valence-corrected chi connectivity index (χ4v) is 2.91. The van der Waals surface area contributed by atoms with Crippen LogP contribution in [0.2, 0.25) is 0 Å². The van der Waals surface area contributed by atoms with Gasteiger partial charge in [-0.2, -0.15) is 0 Å². The van der Waals surface area contributed by atoms with Gasteiger partial charge in [0, 0.05) is 19.2 Å². The van der Waals surface area contributed by atoms with Crippen molar-refractivity contribution in [1.82, 2.24) is 10.2 Å². The normalized spacial score (nSPS) is 28.4. The monoisotopic (exact) mass is 240 g/mol. The Bertz CT molecular complexity index is 196. The van der Waals surface area contributed by atoms with Crippen LogP contribution < -0.4 is 5.32 Å². The number of rotatable bonds is 5. The lowest BCUT2D eigenvalue weighted by atomic mass is 10.0. The summed E-state index contributed by atoms with van der Waals surface area (Å²) in [6, 6.07) is 0.762. The first-order chi connectivity index (χ1) is 8.38. The van der Waals surface area contributed by atoms with E-state index < -0.39 is 0 Å². The molecule has 0 bridgehead atoms. The van der Waals surface area contributed by atoms with Crippen molar-refractivity contribution in [3.63, 3.8) is 0 Å². The number of hydrogen-bond acceptors (Lipinski definition) is 3. The summed E-state index contributed by atoms with van der Waals surface area (Å²) in [7, 11) is 0. The lowest BCUT2D eigenvalue weighted by Crippen LogP contribution is -2.45. The second-order valence-electron chi connectivity index (χ2n) is 5.52. The molecule has 1 N–H and O–H groups in total. The minimum atomic E-state index is 0.518. The Hall–Kier alpha value is -0.120. The maximum absolute atomic E-state index is 5.82. The van der Waals surface area contributed by atoms with Crippen LogP contribution in [0.25, 0.3) is 0 Å². The summed E-state index contributed by atoms with van der Waals surface area (Å²) in [4.78, 5) is 2.60. The van der Waals surface area contributed by atoms with Crippen molar-refractivity contribution in [2.24, 2.45) is 0 Å². The Morgan fingerprint density at radius 3 is 2.65 bits per heavy atom. The van der Waals surface area contributed by atoms with E-state index in [1.165, 1.54) is 64.7 Å². The standard InChI is InChI=1S/C14H28N2O/c1-2-8-15-13-6-9-16(10-7-13)12-14-5-3-4-11-17-14/h13-15H,2-12H2,1H3. The number of nitrogens with one attached hydrogen (secondary N) is 1. The summed E-state index contributed by atoms with van der Waals surface area (Å²) in [5.74, 6) is 0. The highest BCUT2D eigenvalue weighted by molar-refractivity contribution is 4.79. The second-order valence-corrected chi connectivity index (χ2v) is 5.52. The summed E-state index contributed by atoms with van der Waals surface area (Å²) in [5.41, 5.74) is 0. The smallest absolute Gasteiger partial charge is 0.0702 e. The van der Waals surface area contributed by atoms with Crippen molar-refractivity contribution < 1.29 is 4.74 Å². The first-order valence-corrected chi connectivity index (χ1v) is 7.46. The largest absolute Gasteiger partial charge is 0.377 e. The van der Waals surface area contributed by atoms with Gasteiger partial charge in [-0.15, -0.1) is 0 Å². The van der Waals surface area contributed by atoms with E-state index in [-0.39, 0.29) is 0 Å². The Balaban J connectivity index is 1.61. The number of hydrogen-bond donors (Lipinski definition) is 1. The van der Waals surface area contributed by atoms with Gasteiger partial charge in [0.25, 0.3) is 0 Å². The fourth-order valence-electron chi connectivity index (χ4n) is 2.91. The molecule has 0 spiro atoms. The molecule has 3 heteroatoms. The van der Waals surface area contributed by atoms with Gasteiger partial charge in [0.05, 0.1) is 6.10 Å². The molecule has 0 aromatic heterocycles. The average Bonchev–Trinajstić information content (AvgIpc) is 2.39. The summed E-state index contributed by atoms with van der Waals surface area (Å²) < 4.78 is 5.82. The summed E-state index contributed by atoms with van der Waals surface area (Å²) in [6.45, 7) is 8.07. The van der Waals surface area contributed by atoms with E-state index in [9.17, 15) is 0 Å². The van der Waals surface area contributed by atoms with Crippen LogP contribution in [-0.2, 0) is 4.74 Å². The highest BCUT2D eigenvalue weighted by atomic mass is 16.5. The number of nitrogens with zero attached hydrogens (tertiary/aromatic N) is 1. The van der Waals surface area contributed by atoms with Crippen LogP contribution in [0.3, 0.4) is 0 Å². The minimum absolute atomic E-state index is 0.518. The Labute approximate surface area is 106 Å². The number of likely N-dealkylation sites (tertiary alicyclic amines) is 1. The number of piperidine rings is 1. The molecule has 0 aromatic carbocycles. The zero-order chi connectivity index (χ0) is 11.9. The zero-order valence-corrected chi connectivity index (χ0v) is 11.3. The second kappa shape index (κ2) is 7.34. The van der Waals surface area contributed by atoms with Gasteiger partial charge in [-0.3, -0.25) is 0 Å². The van der Waals surface area contributed by atoms with E-state index >= 15 is 0 Å². The average molecular weight is 240 g/mol. The van der Waals surface area contributed by atoms with Crippen LogP contribution in [0.4, 0.5) is 0 Å². The van der Waals surface area contributed by atoms with Gasteiger partial charge in [-0.05, 0) is 58.2 Å². The van der Waals surface area contributed by atoms with Gasteiger partial charge in [-0.25, -0.2) is 0 Å². The molecule has 100 valence electrons. The third-order valence-corrected chi connectivity index (χ3v) is 4.01. The van der Waals surface area contributed by atoms with Gasteiger partial charge in [0.15, 0.2) is 0 Å². The molecule has 2 aliphatic heterocycles. The molecule has 2 rings (SSSR count). The van der Waals surface area contributed by atoms with Gasteiger partial charge in [0.1, 0.15) is 0 Å². The number of ether oxygens (including phenoxy) is 1. The lowest BCUT2D eigenvalue weighted by molar-refractivity contribution is -0.01000. The van der Waals surface area contributed by atoms with Crippen molar-refractivity contribution in [3.05, 3.63) is 0 Å². The molecule has 2 aliphatic rings. The summed E-state index contributed by atoms with van der Waals surface area (Å²) in [5, 5.41) is 3.64. The molecule has 1 unspecified atom stereocenters. The van der Waals surface area contributed by atoms with Crippen molar-refractivity contribution in [3.8, 4) is 0 Å². The first-order valence-electron chi connectivity index (χ1n) is 7.46. The quantitative estimate of drug-likeness (QED) is 0.795. The third-order valence-electron chi connectivity index (χ3n) is 4.01. The van der Waals surface area contributed by atoms with Crippen molar-refractivity contribution in [2.45, 2.75) is 57.6 Å². The molecule has 2 saturated heterocycles. The molecule has 2 heterocycles. The highest BCUT2D eigenvalue weighted by Crippen LogP contribution is 2.17. The topological polar surface area (TPSA) is 24.5 Å². The minimum Gasteiger partial charge on any atom is -0.377 e. The Morgan fingerprint density at radius 1 is 1.18 bits per heavy atom. The molecule has 0 saturated carbocycles. The van der Waals surface area contributed by atoms with Crippen molar-refractivity contribution >= 4 is 0 Å². The van der Waals surface area contributed by atoms with Crippen molar-refractivity contribution in [1.29, 1.82) is 0 Å². The highest BCUT2D eigenvalue weighted by Gasteiger charge is 2.22. The summed E-state index contributed by atoms with van der Waals surface area (Å²) >= 11 is 0. The molecule has 0 amide bonds. The maximum Gasteiger partial charge on any atom is 0.0702 e. The molecule has 3 nitrogen and oxygen atoms in total. The lowest BCUT2D eigenvalue weighted by Gasteiger charge is -2.35. The maximum atomic E-state index is 5.82. The molecule has 0 aromatic rings. The Morgan fingerprint density at radius 2 is 2.00 bits per heavy atom. The SMILES string of the molecule is CCCNC1CCN(CC2CCCCO2)CC1. The van der Waals surface area contributed by atoms with Gasteiger partial charge < -0.3 is 15.0 Å². The van der Waals surface area contributed by atoms with Crippen LogP contribution in [0.15, 0.2) is 0 Å². The van der Waals surface area contributed by atoms with E-state index in [0.29, 0.717) is 6.10 Å². The predicted molar refractivity (Wildman–Crippen MR) is 71.3 cm³/mol. The molecular weight excluding hydrogens is 212 g/mol.